The molecule has 0 saturated heterocycles. The van der Waals surface area contributed by atoms with Crippen LogP contribution in [0.2, 0.25) is 0 Å². The lowest BCUT2D eigenvalue weighted by atomic mass is 10.0. The van der Waals surface area contributed by atoms with Crippen LogP contribution in [0.5, 0.6) is 5.75 Å². The minimum absolute atomic E-state index is 0.0831. The molecule has 1 aromatic carbocycles. The SMILES string of the molecule is CC1CC(=O)c2cc([N+](=O)[O-])ccc2O1. The monoisotopic (exact) mass is 207 g/mol. The molecule has 2 rings (SSSR count). The first-order valence-corrected chi connectivity index (χ1v) is 4.56. The Morgan fingerprint density at radius 2 is 2.27 bits per heavy atom. The Balaban J connectivity index is 2.48. The maximum Gasteiger partial charge on any atom is 0.270 e. The van der Waals surface area contributed by atoms with E-state index in [1.54, 1.807) is 6.92 Å². The van der Waals surface area contributed by atoms with Crippen LogP contribution in [-0.2, 0) is 0 Å². The lowest BCUT2D eigenvalue weighted by Crippen LogP contribution is -2.23. The highest BCUT2D eigenvalue weighted by molar-refractivity contribution is 6.00. The van der Waals surface area contributed by atoms with E-state index in [2.05, 4.69) is 0 Å². The number of benzene rings is 1. The molecular formula is C10H9NO4. The molecule has 5 nitrogen and oxygen atoms in total. The van der Waals surface area contributed by atoms with E-state index in [1.807, 2.05) is 0 Å². The summed E-state index contributed by atoms with van der Waals surface area (Å²) in [5.74, 6) is 0.330. The van der Waals surface area contributed by atoms with E-state index in [9.17, 15) is 14.9 Å². The summed E-state index contributed by atoms with van der Waals surface area (Å²) >= 11 is 0. The van der Waals surface area contributed by atoms with Crippen LogP contribution in [0.4, 0.5) is 5.69 Å². The van der Waals surface area contributed by atoms with Crippen LogP contribution in [0.25, 0.3) is 0 Å². The number of carbonyl (C=O) groups is 1. The van der Waals surface area contributed by atoms with Gasteiger partial charge in [0, 0.05) is 18.6 Å². The quantitative estimate of drug-likeness (QED) is 0.521. The first-order valence-electron chi connectivity index (χ1n) is 4.56. The van der Waals surface area contributed by atoms with Gasteiger partial charge in [-0.15, -0.1) is 0 Å². The molecule has 0 N–H and O–H groups in total. The van der Waals surface area contributed by atoms with Crippen LogP contribution in [0.1, 0.15) is 23.7 Å². The molecule has 0 bridgehead atoms. The highest BCUT2D eigenvalue weighted by Gasteiger charge is 2.25. The van der Waals surface area contributed by atoms with E-state index in [-0.39, 0.29) is 24.0 Å². The minimum Gasteiger partial charge on any atom is -0.489 e. The maximum absolute atomic E-state index is 11.6. The van der Waals surface area contributed by atoms with Gasteiger partial charge >= 0.3 is 0 Å². The van der Waals surface area contributed by atoms with E-state index in [0.717, 1.165) is 0 Å². The maximum atomic E-state index is 11.6. The van der Waals surface area contributed by atoms with Gasteiger partial charge in [0.2, 0.25) is 0 Å². The molecule has 0 saturated carbocycles. The topological polar surface area (TPSA) is 69.4 Å². The molecule has 0 radical (unpaired) electrons. The number of nitro groups is 1. The molecule has 0 fully saturated rings. The van der Waals surface area contributed by atoms with Crippen LogP contribution in [0, 0.1) is 10.1 Å². The predicted molar refractivity (Wildman–Crippen MR) is 52.1 cm³/mol. The summed E-state index contributed by atoms with van der Waals surface area (Å²) < 4.78 is 5.39. The highest BCUT2D eigenvalue weighted by Crippen LogP contribution is 2.30. The predicted octanol–water partition coefficient (Wildman–Crippen LogP) is 1.95. The van der Waals surface area contributed by atoms with Gasteiger partial charge in [-0.05, 0) is 13.0 Å². The van der Waals surface area contributed by atoms with Crippen molar-refractivity contribution in [3.63, 3.8) is 0 Å². The third kappa shape index (κ3) is 1.68. The van der Waals surface area contributed by atoms with Gasteiger partial charge in [0.05, 0.1) is 10.5 Å². The first-order chi connectivity index (χ1) is 7.08. The Kier molecular flexibility index (Phi) is 2.15. The van der Waals surface area contributed by atoms with Crippen molar-refractivity contribution < 1.29 is 14.5 Å². The molecule has 0 aliphatic carbocycles. The van der Waals surface area contributed by atoms with E-state index >= 15 is 0 Å². The molecule has 1 unspecified atom stereocenters. The van der Waals surface area contributed by atoms with Crippen molar-refractivity contribution in [3.05, 3.63) is 33.9 Å². The zero-order valence-corrected chi connectivity index (χ0v) is 8.10. The van der Waals surface area contributed by atoms with Crippen molar-refractivity contribution in [3.8, 4) is 5.75 Å². The second-order valence-corrected chi connectivity index (χ2v) is 3.49. The zero-order chi connectivity index (χ0) is 11.0. The van der Waals surface area contributed by atoms with Gasteiger partial charge in [-0.25, -0.2) is 0 Å². The van der Waals surface area contributed by atoms with Gasteiger partial charge in [0.25, 0.3) is 5.69 Å². The standard InChI is InChI=1S/C10H9NO4/c1-6-4-9(12)8-5-7(11(13)14)2-3-10(8)15-6/h2-3,5-6H,4H2,1H3. The smallest absolute Gasteiger partial charge is 0.270 e. The molecule has 0 spiro atoms. The number of hydrogen-bond acceptors (Lipinski definition) is 4. The summed E-state index contributed by atoms with van der Waals surface area (Å²) in [6.45, 7) is 1.79. The van der Waals surface area contributed by atoms with Crippen molar-refractivity contribution in [2.45, 2.75) is 19.4 Å². The average molecular weight is 207 g/mol. The van der Waals surface area contributed by atoms with Gasteiger partial charge in [0.1, 0.15) is 11.9 Å². The van der Waals surface area contributed by atoms with E-state index in [1.165, 1.54) is 18.2 Å². The number of ether oxygens (including phenoxy) is 1. The molecule has 78 valence electrons. The average Bonchev–Trinajstić information content (AvgIpc) is 2.16. The summed E-state index contributed by atoms with van der Waals surface area (Å²) in [6.07, 6.45) is 0.111. The van der Waals surface area contributed by atoms with E-state index < -0.39 is 4.92 Å². The molecule has 1 heterocycles. The van der Waals surface area contributed by atoms with Gasteiger partial charge in [0.15, 0.2) is 5.78 Å². The number of carbonyl (C=O) groups excluding carboxylic acids is 1. The second-order valence-electron chi connectivity index (χ2n) is 3.49. The fourth-order valence-electron chi connectivity index (χ4n) is 1.58. The van der Waals surface area contributed by atoms with Crippen molar-refractivity contribution in [1.29, 1.82) is 0 Å². The summed E-state index contributed by atoms with van der Waals surface area (Å²) in [5, 5.41) is 10.5. The first kappa shape index (κ1) is 9.64. The Morgan fingerprint density at radius 1 is 1.53 bits per heavy atom. The lowest BCUT2D eigenvalue weighted by Gasteiger charge is -2.21. The second kappa shape index (κ2) is 3.34. The van der Waals surface area contributed by atoms with Crippen molar-refractivity contribution in [2.75, 3.05) is 0 Å². The van der Waals surface area contributed by atoms with Crippen molar-refractivity contribution >= 4 is 11.5 Å². The molecule has 0 aromatic heterocycles. The number of hydrogen-bond donors (Lipinski definition) is 0. The molecule has 1 aliphatic rings. The number of nitro benzene ring substituents is 1. The lowest BCUT2D eigenvalue weighted by molar-refractivity contribution is -0.384. The number of nitrogens with zero attached hydrogens (tertiary/aromatic N) is 1. The van der Waals surface area contributed by atoms with Crippen LogP contribution in [-0.4, -0.2) is 16.8 Å². The summed E-state index contributed by atoms with van der Waals surface area (Å²) in [4.78, 5) is 21.6. The van der Waals surface area contributed by atoms with Gasteiger partial charge in [-0.2, -0.15) is 0 Å². The number of rotatable bonds is 1. The van der Waals surface area contributed by atoms with Gasteiger partial charge < -0.3 is 4.74 Å². The third-order valence-corrected chi connectivity index (χ3v) is 2.28. The molecule has 1 atom stereocenters. The molecule has 15 heavy (non-hydrogen) atoms. The fraction of sp³-hybridized carbons (Fsp3) is 0.300. The Morgan fingerprint density at radius 3 is 2.93 bits per heavy atom. The number of non-ortho nitro benzene ring substituents is 1. The molecule has 1 aliphatic heterocycles. The molecule has 1 aromatic rings. The Labute approximate surface area is 85.8 Å². The minimum atomic E-state index is -0.522. The molecule has 5 heteroatoms. The summed E-state index contributed by atoms with van der Waals surface area (Å²) in [5.41, 5.74) is 0.225. The summed E-state index contributed by atoms with van der Waals surface area (Å²) in [6, 6.07) is 4.08. The normalized spacial score (nSPS) is 19.3. The Hall–Kier alpha value is -1.91. The largest absolute Gasteiger partial charge is 0.489 e. The number of ketones is 1. The number of Topliss-reactive ketones (excluding diaryl/α,β-unsaturated/α-hetero) is 1. The molecular weight excluding hydrogens is 198 g/mol. The highest BCUT2D eigenvalue weighted by atomic mass is 16.6. The van der Waals surface area contributed by atoms with Crippen LogP contribution >= 0.6 is 0 Å². The van der Waals surface area contributed by atoms with Gasteiger partial charge in [-0.3, -0.25) is 14.9 Å². The summed E-state index contributed by atoms with van der Waals surface area (Å²) in [7, 11) is 0. The Bertz CT molecular complexity index is 441. The number of fused-ring (bicyclic) bond motifs is 1. The van der Waals surface area contributed by atoms with Crippen molar-refractivity contribution in [2.24, 2.45) is 0 Å². The van der Waals surface area contributed by atoms with Crippen molar-refractivity contribution in [1.82, 2.24) is 0 Å². The fourth-order valence-corrected chi connectivity index (χ4v) is 1.58. The third-order valence-electron chi connectivity index (χ3n) is 2.28. The van der Waals surface area contributed by atoms with E-state index in [0.29, 0.717) is 11.3 Å². The molecule has 0 amide bonds. The van der Waals surface area contributed by atoms with Gasteiger partial charge in [-0.1, -0.05) is 0 Å². The zero-order valence-electron chi connectivity index (χ0n) is 8.10. The van der Waals surface area contributed by atoms with E-state index in [4.69, 9.17) is 4.74 Å². The van der Waals surface area contributed by atoms with Crippen LogP contribution in [0.15, 0.2) is 18.2 Å². The van der Waals surface area contributed by atoms with Crippen LogP contribution < -0.4 is 4.74 Å². The van der Waals surface area contributed by atoms with Crippen LogP contribution in [0.3, 0.4) is 0 Å².